The molecule has 292 valence electrons. The third-order valence-corrected chi connectivity index (χ3v) is 9.43. The highest BCUT2D eigenvalue weighted by Gasteiger charge is 2.21. The van der Waals surface area contributed by atoms with E-state index in [2.05, 4.69) is 86.7 Å². The Hall–Kier alpha value is -5.55. The van der Waals surface area contributed by atoms with Gasteiger partial charge in [0.1, 0.15) is 23.9 Å². The number of methoxy groups -OCH3 is 2. The van der Waals surface area contributed by atoms with Crippen molar-refractivity contribution in [2.45, 2.75) is 33.1 Å². The van der Waals surface area contributed by atoms with Gasteiger partial charge in [-0.25, -0.2) is 0 Å². The maximum atomic E-state index is 9.67. The number of allylic oxidation sites excluding steroid dienone is 6. The second kappa shape index (κ2) is 22.7. The molecule has 5 rings (SSSR count). The van der Waals surface area contributed by atoms with Gasteiger partial charge in [0, 0.05) is 34.2 Å². The highest BCUT2D eigenvalue weighted by Crippen LogP contribution is 2.34. The summed E-state index contributed by atoms with van der Waals surface area (Å²) in [5.41, 5.74) is 9.64. The minimum absolute atomic E-state index is 0. The minimum Gasteiger partial charge on any atom is -1.00 e. The summed E-state index contributed by atoms with van der Waals surface area (Å²) in [6, 6.07) is 32.7. The van der Waals surface area contributed by atoms with Gasteiger partial charge in [-0.1, -0.05) is 68.5 Å². The molecule has 1 unspecified atom stereocenters. The molecule has 0 saturated carbocycles. The Morgan fingerprint density at radius 3 is 1.52 bits per heavy atom. The molecule has 0 amide bonds. The van der Waals surface area contributed by atoms with E-state index in [1.807, 2.05) is 84.4 Å². The van der Waals surface area contributed by atoms with Crippen LogP contribution in [-0.2, 0) is 0 Å². The summed E-state index contributed by atoms with van der Waals surface area (Å²) in [7, 11) is 3.61. The van der Waals surface area contributed by atoms with E-state index in [1.165, 1.54) is 11.1 Å². The molecule has 0 heterocycles. The van der Waals surface area contributed by atoms with Crippen LogP contribution in [0.25, 0.3) is 0 Å². The lowest BCUT2D eigenvalue weighted by atomic mass is 9.89. The number of hydrogen-bond donors (Lipinski definition) is 0. The molecule has 0 spiro atoms. The smallest absolute Gasteiger partial charge is 0.762 e. The molecular weight excluding hydrogens is 739 g/mol. The number of halogens is 5. The van der Waals surface area contributed by atoms with Gasteiger partial charge >= 0.3 is 7.54 Å². The van der Waals surface area contributed by atoms with Gasteiger partial charge in [-0.05, 0) is 133 Å². The third kappa shape index (κ3) is 13.9. The zero-order chi connectivity index (χ0) is 39.7. The minimum atomic E-state index is -3.67. The summed E-state index contributed by atoms with van der Waals surface area (Å²) in [6.45, 7) is 4.19. The van der Waals surface area contributed by atoms with Crippen LogP contribution in [0, 0.1) is 19.8 Å². The summed E-state index contributed by atoms with van der Waals surface area (Å²) >= 11 is 7.19. The molecule has 56 heavy (non-hydrogen) atoms. The van der Waals surface area contributed by atoms with Crippen LogP contribution in [-0.4, -0.2) is 69.1 Å². The number of hydrogen-bond acceptors (Lipinski definition) is 4. The number of ether oxygens (including phenoxy) is 2. The van der Waals surface area contributed by atoms with Gasteiger partial charge in [0.05, 0.1) is 14.2 Å². The molecule has 1 aliphatic carbocycles. The van der Waals surface area contributed by atoms with Gasteiger partial charge in [-0.15, -0.1) is 0 Å². The maximum absolute atomic E-state index is 9.67. The molecule has 0 aromatic heterocycles. The SMILES string of the molecule is COc1ccc(C=N[N+](C)=C(C=CC2=C(Cl)C(C=CC(c3ccc(C)cc3)=[N+](C)N=Cc3ccc(OC)cc3)CCC2)c2ccc(C)cc2)cc1.FB(F)F.[F-]. The molecule has 0 fully saturated rings. The highest BCUT2D eigenvalue weighted by atomic mass is 35.5. The van der Waals surface area contributed by atoms with Crippen LogP contribution in [0.15, 0.2) is 142 Å². The number of aryl methyl sites for hydroxylation is 2. The van der Waals surface area contributed by atoms with Crippen LogP contribution in [0.5, 0.6) is 11.5 Å². The lowest BCUT2D eigenvalue weighted by Gasteiger charge is -2.21. The molecule has 0 saturated heterocycles. The number of benzene rings is 4. The van der Waals surface area contributed by atoms with Crippen molar-refractivity contribution in [1.29, 1.82) is 0 Å². The number of nitrogens with zero attached hydrogens (tertiary/aromatic N) is 4. The van der Waals surface area contributed by atoms with Crippen molar-refractivity contribution in [2.75, 3.05) is 28.3 Å². The fourth-order valence-electron chi connectivity index (χ4n) is 5.77. The fraction of sp³-hybridized carbons (Fsp3) is 0.227. The lowest BCUT2D eigenvalue weighted by Crippen LogP contribution is -3.00. The van der Waals surface area contributed by atoms with Crippen LogP contribution in [0.1, 0.15) is 52.6 Å². The lowest BCUT2D eigenvalue weighted by molar-refractivity contribution is -0.500. The summed E-state index contributed by atoms with van der Waals surface area (Å²) in [4.78, 5) is 0. The molecule has 1 aliphatic rings. The second-order valence-electron chi connectivity index (χ2n) is 12.9. The Balaban J connectivity index is 0.00000160. The quantitative estimate of drug-likeness (QED) is 0.0501. The number of rotatable bonds is 12. The number of hydrazone groups is 2. The van der Waals surface area contributed by atoms with E-state index in [-0.39, 0.29) is 10.6 Å². The summed E-state index contributed by atoms with van der Waals surface area (Å²) in [6.07, 6.45) is 15.3. The highest BCUT2D eigenvalue weighted by molar-refractivity contribution is 6.33. The molecule has 0 radical (unpaired) electrons. The van der Waals surface area contributed by atoms with Crippen molar-refractivity contribution >= 4 is 43.0 Å². The molecule has 4 aromatic rings. The van der Waals surface area contributed by atoms with E-state index >= 15 is 0 Å². The molecule has 0 aliphatic heterocycles. The molecule has 1 atom stereocenters. The molecule has 0 bridgehead atoms. The first-order chi connectivity index (χ1) is 26.5. The van der Waals surface area contributed by atoms with Crippen molar-refractivity contribution in [1.82, 2.24) is 0 Å². The largest absolute Gasteiger partial charge is 1.00 e. The predicted octanol–water partition coefficient (Wildman–Crippen LogP) is 7.24. The Bertz CT molecular complexity index is 2070. The van der Waals surface area contributed by atoms with E-state index in [4.69, 9.17) is 31.3 Å². The third-order valence-electron chi connectivity index (χ3n) is 8.91. The van der Waals surface area contributed by atoms with Crippen molar-refractivity contribution in [3.05, 3.63) is 165 Å². The Morgan fingerprint density at radius 2 is 1.11 bits per heavy atom. The predicted molar refractivity (Wildman–Crippen MR) is 222 cm³/mol. The molecule has 12 heteroatoms. The molecule has 6 nitrogen and oxygen atoms in total. The fourth-order valence-corrected chi connectivity index (χ4v) is 6.11. The van der Waals surface area contributed by atoms with E-state index in [0.29, 0.717) is 0 Å². The first-order valence-corrected chi connectivity index (χ1v) is 18.2. The second-order valence-corrected chi connectivity index (χ2v) is 13.3. The Labute approximate surface area is 333 Å². The van der Waals surface area contributed by atoms with Gasteiger partial charge in [-0.2, -0.15) is 0 Å². The average molecular weight is 786 g/mol. The van der Waals surface area contributed by atoms with Crippen molar-refractivity contribution in [3.63, 3.8) is 0 Å². The van der Waals surface area contributed by atoms with E-state index in [1.54, 1.807) is 14.2 Å². The monoisotopic (exact) mass is 785 g/mol. The van der Waals surface area contributed by atoms with Crippen LogP contribution < -0.4 is 14.2 Å². The van der Waals surface area contributed by atoms with E-state index in [9.17, 15) is 12.9 Å². The zero-order valence-corrected chi connectivity index (χ0v) is 33.2. The van der Waals surface area contributed by atoms with Crippen LogP contribution in [0.4, 0.5) is 12.9 Å². The van der Waals surface area contributed by atoms with Crippen molar-refractivity contribution in [2.24, 2.45) is 16.1 Å². The summed E-state index contributed by atoms with van der Waals surface area (Å²) < 4.78 is 43.4. The van der Waals surface area contributed by atoms with E-state index < -0.39 is 7.54 Å². The first kappa shape index (κ1) is 44.8. The van der Waals surface area contributed by atoms with Crippen molar-refractivity contribution in [3.8, 4) is 11.5 Å². The zero-order valence-electron chi connectivity index (χ0n) is 32.5. The summed E-state index contributed by atoms with van der Waals surface area (Å²) in [5.74, 6) is 1.72. The van der Waals surface area contributed by atoms with Crippen LogP contribution in [0.3, 0.4) is 0 Å². The van der Waals surface area contributed by atoms with Gasteiger partial charge < -0.3 is 14.2 Å². The first-order valence-electron chi connectivity index (χ1n) is 17.9. The topological polar surface area (TPSA) is 49.2 Å². The maximum Gasteiger partial charge on any atom is 0.762 e. The normalized spacial score (nSPS) is 15.4. The van der Waals surface area contributed by atoms with Gasteiger partial charge in [0.15, 0.2) is 14.1 Å². The summed E-state index contributed by atoms with van der Waals surface area (Å²) in [5, 5.41) is 10.4. The van der Waals surface area contributed by atoms with Gasteiger partial charge in [-0.3, -0.25) is 12.9 Å². The Kier molecular flexibility index (Phi) is 18.2. The Morgan fingerprint density at radius 1 is 0.696 bits per heavy atom. The van der Waals surface area contributed by atoms with E-state index in [0.717, 1.165) is 75.0 Å². The standard InChI is InChI=1S/C44H47ClN4O2.BF3.FH/c1-32-10-18-36(19-11-32)42(48(3)46-30-34-14-24-40(50-5)25-15-34)28-22-38-8-7-9-39(44(38)45)23-29-43(37-20-12-33(2)13-21-37)49(4)47-31-35-16-26-41(51-6)27-17-35;2-1(3)4;/h10-31,38H,7-9H2,1-6H3;;1H/q+2;;/p-1. The van der Waals surface area contributed by atoms with Crippen LogP contribution >= 0.6 is 11.6 Å². The molecular formula is C44H47BClF4N4O2+. The molecule has 0 N–H and O–H groups in total. The van der Waals surface area contributed by atoms with Gasteiger partial charge in [0.2, 0.25) is 11.4 Å². The van der Waals surface area contributed by atoms with Gasteiger partial charge in [0.25, 0.3) is 0 Å². The van der Waals surface area contributed by atoms with Crippen molar-refractivity contribution < 1.29 is 36.5 Å². The molecule has 4 aromatic carbocycles. The van der Waals surface area contributed by atoms with Crippen LogP contribution in [0.2, 0.25) is 0 Å². The average Bonchev–Trinajstić information content (AvgIpc) is 3.19.